The predicted molar refractivity (Wildman–Crippen MR) is 94.1 cm³/mol. The number of rotatable bonds is 6. The Bertz CT molecular complexity index is 948. The van der Waals surface area contributed by atoms with Crippen molar-refractivity contribution in [3.63, 3.8) is 0 Å². The Kier molecular flexibility index (Phi) is 5.65. The van der Waals surface area contributed by atoms with Crippen molar-refractivity contribution in [3.8, 4) is 0 Å². The van der Waals surface area contributed by atoms with Crippen molar-refractivity contribution in [1.29, 1.82) is 0 Å². The number of benzene rings is 2. The van der Waals surface area contributed by atoms with E-state index in [2.05, 4.69) is 20.6 Å². The van der Waals surface area contributed by atoms with Crippen LogP contribution in [-0.2, 0) is 6.42 Å². The number of nitrogens with one attached hydrogen (secondary N) is 2. The van der Waals surface area contributed by atoms with E-state index >= 15 is 0 Å². The van der Waals surface area contributed by atoms with Gasteiger partial charge in [-0.3, -0.25) is 4.79 Å². The normalized spacial score (nSPS) is 10.5. The van der Waals surface area contributed by atoms with E-state index in [9.17, 15) is 18.0 Å². The van der Waals surface area contributed by atoms with E-state index in [0.717, 1.165) is 17.7 Å². The Morgan fingerprint density at radius 1 is 0.963 bits per heavy atom. The topological polar surface area (TPSA) is 66.9 Å². The zero-order chi connectivity index (χ0) is 19.2. The third-order valence-corrected chi connectivity index (χ3v) is 3.68. The molecular formula is C19H15F3N4O. The number of amides is 1. The van der Waals surface area contributed by atoms with Crippen LogP contribution in [0.5, 0.6) is 0 Å². The van der Waals surface area contributed by atoms with Crippen LogP contribution in [0.25, 0.3) is 0 Å². The van der Waals surface area contributed by atoms with Crippen LogP contribution in [0.15, 0.2) is 54.7 Å². The van der Waals surface area contributed by atoms with Gasteiger partial charge >= 0.3 is 0 Å². The van der Waals surface area contributed by atoms with Gasteiger partial charge in [0.05, 0.1) is 0 Å². The highest BCUT2D eigenvalue weighted by Gasteiger charge is 2.09. The Morgan fingerprint density at radius 2 is 1.74 bits per heavy atom. The average molecular weight is 372 g/mol. The van der Waals surface area contributed by atoms with E-state index in [4.69, 9.17) is 0 Å². The van der Waals surface area contributed by atoms with Crippen molar-refractivity contribution in [1.82, 2.24) is 15.3 Å². The molecule has 0 unspecified atom stereocenters. The molecule has 1 amide bonds. The first-order valence-corrected chi connectivity index (χ1v) is 8.09. The number of hydrogen-bond donors (Lipinski definition) is 2. The summed E-state index contributed by atoms with van der Waals surface area (Å²) in [7, 11) is 0. The number of carbonyl (C=O) groups is 1. The predicted octanol–water partition coefficient (Wildman–Crippen LogP) is 3.61. The van der Waals surface area contributed by atoms with Crippen molar-refractivity contribution in [2.75, 3.05) is 11.9 Å². The largest absolute Gasteiger partial charge is 0.350 e. The number of nitrogens with zero attached hydrogens (tertiary/aromatic N) is 2. The first-order valence-electron chi connectivity index (χ1n) is 8.09. The lowest BCUT2D eigenvalue weighted by Crippen LogP contribution is -2.26. The van der Waals surface area contributed by atoms with Crippen LogP contribution in [0.1, 0.15) is 16.1 Å². The third-order valence-electron chi connectivity index (χ3n) is 3.68. The van der Waals surface area contributed by atoms with Crippen molar-refractivity contribution in [2.45, 2.75) is 6.42 Å². The van der Waals surface area contributed by atoms with E-state index in [1.807, 2.05) is 0 Å². The monoisotopic (exact) mass is 372 g/mol. The van der Waals surface area contributed by atoms with Crippen LogP contribution in [-0.4, -0.2) is 22.4 Å². The van der Waals surface area contributed by atoms with Gasteiger partial charge in [0.2, 0.25) is 5.95 Å². The Balaban J connectivity index is 1.59. The number of aromatic nitrogens is 2. The van der Waals surface area contributed by atoms with Gasteiger partial charge in [-0.1, -0.05) is 12.1 Å². The fourth-order valence-corrected chi connectivity index (χ4v) is 2.31. The highest BCUT2D eigenvalue weighted by atomic mass is 19.2. The molecule has 0 saturated heterocycles. The van der Waals surface area contributed by atoms with Gasteiger partial charge in [-0.05, 0) is 42.3 Å². The van der Waals surface area contributed by atoms with Crippen molar-refractivity contribution < 1.29 is 18.0 Å². The fourth-order valence-electron chi connectivity index (χ4n) is 2.31. The summed E-state index contributed by atoms with van der Waals surface area (Å²) in [4.78, 5) is 20.2. The maximum atomic E-state index is 13.3. The molecule has 138 valence electrons. The molecule has 0 aliphatic rings. The fraction of sp³-hybridized carbons (Fsp3) is 0.105. The molecule has 1 aromatic heterocycles. The molecule has 0 aliphatic carbocycles. The summed E-state index contributed by atoms with van der Waals surface area (Å²) >= 11 is 0. The van der Waals surface area contributed by atoms with Gasteiger partial charge < -0.3 is 10.6 Å². The summed E-state index contributed by atoms with van der Waals surface area (Å²) in [6.45, 7) is 0.348. The summed E-state index contributed by atoms with van der Waals surface area (Å²) in [6, 6.07) is 10.7. The lowest BCUT2D eigenvalue weighted by atomic mass is 10.1. The van der Waals surface area contributed by atoms with Gasteiger partial charge in [0, 0.05) is 24.5 Å². The molecule has 5 nitrogen and oxygen atoms in total. The van der Waals surface area contributed by atoms with Gasteiger partial charge in [0.25, 0.3) is 5.91 Å². The molecule has 0 atom stereocenters. The molecule has 8 heteroatoms. The molecule has 0 aliphatic heterocycles. The quantitative estimate of drug-likeness (QED) is 0.694. The highest BCUT2D eigenvalue weighted by molar-refractivity contribution is 5.92. The number of carbonyl (C=O) groups excluding carboxylic acids is 1. The van der Waals surface area contributed by atoms with Gasteiger partial charge in [0.15, 0.2) is 11.6 Å². The first-order chi connectivity index (χ1) is 13.0. The van der Waals surface area contributed by atoms with Crippen LogP contribution >= 0.6 is 0 Å². The van der Waals surface area contributed by atoms with Gasteiger partial charge in [-0.2, -0.15) is 0 Å². The van der Waals surface area contributed by atoms with E-state index in [1.165, 1.54) is 30.5 Å². The summed E-state index contributed by atoms with van der Waals surface area (Å²) in [6.07, 6.45) is 1.92. The molecule has 1 heterocycles. The van der Waals surface area contributed by atoms with Crippen LogP contribution in [0.3, 0.4) is 0 Å². The Hall–Kier alpha value is -3.42. The molecule has 3 rings (SSSR count). The van der Waals surface area contributed by atoms with Gasteiger partial charge in [-0.15, -0.1) is 0 Å². The molecule has 0 saturated carbocycles. The molecule has 27 heavy (non-hydrogen) atoms. The molecule has 0 fully saturated rings. The molecule has 0 bridgehead atoms. The van der Waals surface area contributed by atoms with Gasteiger partial charge in [0.1, 0.15) is 11.5 Å². The maximum Gasteiger partial charge on any atom is 0.270 e. The summed E-state index contributed by atoms with van der Waals surface area (Å²) in [5.74, 6) is -2.62. The standard InChI is InChI=1S/C19H15F3N4O/c20-13-3-1-12(2-4-13)7-9-23-18(27)17-8-10-24-19(26-17)25-14-5-6-15(21)16(22)11-14/h1-6,8,10-11H,7,9H2,(H,23,27)(H,24,25,26). The molecule has 0 spiro atoms. The van der Waals surface area contributed by atoms with Crippen molar-refractivity contribution in [3.05, 3.63) is 83.4 Å². The van der Waals surface area contributed by atoms with E-state index in [-0.39, 0.29) is 23.1 Å². The molecule has 3 aromatic rings. The smallest absolute Gasteiger partial charge is 0.270 e. The lowest BCUT2D eigenvalue weighted by molar-refractivity contribution is 0.0949. The van der Waals surface area contributed by atoms with E-state index < -0.39 is 17.5 Å². The number of halogens is 3. The minimum Gasteiger partial charge on any atom is -0.350 e. The van der Waals surface area contributed by atoms with Crippen LogP contribution in [0, 0.1) is 17.5 Å². The summed E-state index contributed by atoms with van der Waals surface area (Å²) in [5.41, 5.74) is 1.26. The molecule has 0 radical (unpaired) electrons. The third kappa shape index (κ3) is 5.04. The van der Waals surface area contributed by atoms with E-state index in [0.29, 0.717) is 13.0 Å². The zero-order valence-electron chi connectivity index (χ0n) is 14.0. The number of anilines is 2. The van der Waals surface area contributed by atoms with Gasteiger partial charge in [-0.25, -0.2) is 23.1 Å². The highest BCUT2D eigenvalue weighted by Crippen LogP contribution is 2.16. The Labute approximate surface area is 153 Å². The number of hydrogen-bond acceptors (Lipinski definition) is 4. The van der Waals surface area contributed by atoms with Crippen LogP contribution in [0.4, 0.5) is 24.8 Å². The van der Waals surface area contributed by atoms with Crippen LogP contribution in [0.2, 0.25) is 0 Å². The van der Waals surface area contributed by atoms with Crippen LogP contribution < -0.4 is 10.6 Å². The minimum absolute atomic E-state index is 0.0761. The van der Waals surface area contributed by atoms with E-state index in [1.54, 1.807) is 12.1 Å². The second-order valence-electron chi connectivity index (χ2n) is 5.65. The summed E-state index contributed by atoms with van der Waals surface area (Å²) < 4.78 is 39.1. The second-order valence-corrected chi connectivity index (χ2v) is 5.65. The molecule has 2 aromatic carbocycles. The first kappa shape index (κ1) is 18.4. The Morgan fingerprint density at radius 3 is 2.48 bits per heavy atom. The second kappa shape index (κ2) is 8.31. The summed E-state index contributed by atoms with van der Waals surface area (Å²) in [5, 5.41) is 5.42. The lowest BCUT2D eigenvalue weighted by Gasteiger charge is -2.08. The zero-order valence-corrected chi connectivity index (χ0v) is 14.0. The maximum absolute atomic E-state index is 13.3. The molecule has 2 N–H and O–H groups in total. The average Bonchev–Trinajstić information content (AvgIpc) is 2.66. The molecular weight excluding hydrogens is 357 g/mol. The van der Waals surface area contributed by atoms with Crippen molar-refractivity contribution >= 4 is 17.5 Å². The minimum atomic E-state index is -1.00. The van der Waals surface area contributed by atoms with Crippen molar-refractivity contribution in [2.24, 2.45) is 0 Å². The SMILES string of the molecule is O=C(NCCc1ccc(F)cc1)c1ccnc(Nc2ccc(F)c(F)c2)n1.